The number of hydrogen-bond donors (Lipinski definition) is 2. The zero-order chi connectivity index (χ0) is 15.3. The molecule has 0 radical (unpaired) electrons. The third kappa shape index (κ3) is 3.91. The number of nitrogens with zero attached hydrogens (tertiary/aromatic N) is 2. The van der Waals surface area contributed by atoms with Gasteiger partial charge in [0, 0.05) is 32.1 Å². The minimum absolute atomic E-state index is 0.340. The molecule has 0 saturated carbocycles. The normalized spacial score (nSPS) is 13.6. The predicted octanol–water partition coefficient (Wildman–Crippen LogP) is 2.31. The summed E-state index contributed by atoms with van der Waals surface area (Å²) in [7, 11) is 1.60. The van der Waals surface area contributed by atoms with Crippen LogP contribution < -0.4 is 5.32 Å². The molecule has 0 spiro atoms. The maximum absolute atomic E-state index is 10.2. The highest BCUT2D eigenvalue weighted by Crippen LogP contribution is 2.20. The molecule has 110 valence electrons. The van der Waals surface area contributed by atoms with Crippen molar-refractivity contribution < 1.29 is 9.84 Å². The van der Waals surface area contributed by atoms with E-state index >= 15 is 0 Å². The lowest BCUT2D eigenvalue weighted by molar-refractivity contribution is 0.0357. The van der Waals surface area contributed by atoms with E-state index < -0.39 is 5.60 Å². The summed E-state index contributed by atoms with van der Waals surface area (Å²) >= 11 is 0. The van der Waals surface area contributed by atoms with E-state index in [4.69, 9.17) is 4.74 Å². The first-order valence-electron chi connectivity index (χ1n) is 6.81. The topological polar surface area (TPSA) is 78.2 Å². The Labute approximate surface area is 124 Å². The molecule has 1 heterocycles. The molecule has 1 atom stereocenters. The van der Waals surface area contributed by atoms with Crippen molar-refractivity contribution in [1.29, 1.82) is 5.26 Å². The number of nitriles is 1. The highest BCUT2D eigenvalue weighted by molar-refractivity contribution is 5.86. The third-order valence-electron chi connectivity index (χ3n) is 3.33. The number of rotatable bonds is 6. The Morgan fingerprint density at radius 1 is 1.43 bits per heavy atom. The van der Waals surface area contributed by atoms with E-state index in [1.54, 1.807) is 20.1 Å². The number of fused-ring (bicyclic) bond motifs is 1. The second-order valence-corrected chi connectivity index (χ2v) is 5.28. The zero-order valence-corrected chi connectivity index (χ0v) is 12.3. The van der Waals surface area contributed by atoms with Gasteiger partial charge in [-0.05, 0) is 19.1 Å². The fraction of sp³-hybridized carbons (Fsp3) is 0.375. The molecular weight excluding hydrogens is 266 g/mol. The number of ether oxygens (including phenoxy) is 1. The van der Waals surface area contributed by atoms with Crippen molar-refractivity contribution in [2.45, 2.75) is 18.9 Å². The van der Waals surface area contributed by atoms with E-state index in [9.17, 15) is 10.4 Å². The molecule has 1 aromatic carbocycles. The lowest BCUT2D eigenvalue weighted by atomic mass is 10.0. The van der Waals surface area contributed by atoms with Gasteiger partial charge in [-0.3, -0.25) is 0 Å². The number of methoxy groups -OCH3 is 1. The maximum Gasteiger partial charge on any atom is 0.128 e. The number of nitrogens with one attached hydrogen (secondary N) is 1. The van der Waals surface area contributed by atoms with Crippen LogP contribution in [0.1, 0.15) is 18.9 Å². The van der Waals surface area contributed by atoms with E-state index in [1.807, 2.05) is 24.3 Å². The summed E-state index contributed by atoms with van der Waals surface area (Å²) in [5.74, 6) is 0.586. The summed E-state index contributed by atoms with van der Waals surface area (Å²) < 4.78 is 4.98. The zero-order valence-electron chi connectivity index (χ0n) is 12.3. The van der Waals surface area contributed by atoms with Crippen LogP contribution >= 0.6 is 0 Å². The maximum atomic E-state index is 10.2. The molecule has 1 aromatic heterocycles. The molecule has 5 nitrogen and oxygen atoms in total. The standard InChI is InChI=1S/C16H19N3O2/c1-16(20,7-8-21-2)11-18-15-9-12(10-17)13-5-3-4-6-14(13)19-15/h3-6,9,20H,7-8,11H2,1-2H3,(H,18,19). The summed E-state index contributed by atoms with van der Waals surface area (Å²) in [6, 6.07) is 11.4. The van der Waals surface area contributed by atoms with Gasteiger partial charge in [0.15, 0.2) is 0 Å². The van der Waals surface area contributed by atoms with Crippen LogP contribution in [0.25, 0.3) is 10.9 Å². The van der Waals surface area contributed by atoms with Gasteiger partial charge in [-0.15, -0.1) is 0 Å². The highest BCUT2D eigenvalue weighted by Gasteiger charge is 2.20. The summed E-state index contributed by atoms with van der Waals surface area (Å²) in [6.07, 6.45) is 0.523. The van der Waals surface area contributed by atoms with Crippen molar-refractivity contribution >= 4 is 16.7 Å². The van der Waals surface area contributed by atoms with Gasteiger partial charge in [-0.25, -0.2) is 4.98 Å². The molecule has 0 bridgehead atoms. The fourth-order valence-corrected chi connectivity index (χ4v) is 2.05. The number of benzene rings is 1. The van der Waals surface area contributed by atoms with Gasteiger partial charge in [0.2, 0.25) is 0 Å². The minimum atomic E-state index is -0.893. The van der Waals surface area contributed by atoms with Crippen molar-refractivity contribution in [1.82, 2.24) is 4.98 Å². The molecular formula is C16H19N3O2. The van der Waals surface area contributed by atoms with Gasteiger partial charge in [0.05, 0.1) is 22.8 Å². The van der Waals surface area contributed by atoms with Gasteiger partial charge >= 0.3 is 0 Å². The van der Waals surface area contributed by atoms with Crippen molar-refractivity contribution in [2.24, 2.45) is 0 Å². The van der Waals surface area contributed by atoms with Crippen molar-refractivity contribution in [3.8, 4) is 6.07 Å². The molecule has 0 aliphatic carbocycles. The lowest BCUT2D eigenvalue weighted by Crippen LogP contribution is -2.34. The van der Waals surface area contributed by atoms with E-state index in [1.165, 1.54) is 0 Å². The monoisotopic (exact) mass is 285 g/mol. The van der Waals surface area contributed by atoms with Crippen LogP contribution in [-0.2, 0) is 4.74 Å². The Hall–Kier alpha value is -2.16. The molecule has 0 aliphatic rings. The van der Waals surface area contributed by atoms with Crippen LogP contribution in [0, 0.1) is 11.3 Å². The summed E-state index contributed by atoms with van der Waals surface area (Å²) in [5.41, 5.74) is 0.436. The van der Waals surface area contributed by atoms with E-state index in [2.05, 4.69) is 16.4 Å². The molecule has 0 fully saturated rings. The van der Waals surface area contributed by atoms with Gasteiger partial charge in [0.1, 0.15) is 5.82 Å². The van der Waals surface area contributed by atoms with Gasteiger partial charge in [-0.2, -0.15) is 5.26 Å². The van der Waals surface area contributed by atoms with E-state index in [0.717, 1.165) is 10.9 Å². The Balaban J connectivity index is 2.18. The van der Waals surface area contributed by atoms with Crippen LogP contribution in [0.5, 0.6) is 0 Å². The first-order valence-corrected chi connectivity index (χ1v) is 6.81. The number of anilines is 1. The third-order valence-corrected chi connectivity index (χ3v) is 3.33. The number of hydrogen-bond acceptors (Lipinski definition) is 5. The molecule has 0 amide bonds. The largest absolute Gasteiger partial charge is 0.388 e. The first-order chi connectivity index (χ1) is 10.1. The van der Waals surface area contributed by atoms with Gasteiger partial charge in [-0.1, -0.05) is 18.2 Å². The van der Waals surface area contributed by atoms with Gasteiger partial charge in [0.25, 0.3) is 0 Å². The molecule has 0 aliphatic heterocycles. The number of aromatic nitrogens is 1. The van der Waals surface area contributed by atoms with Crippen molar-refractivity contribution in [2.75, 3.05) is 25.6 Å². The summed E-state index contributed by atoms with van der Waals surface area (Å²) in [5, 5.41) is 23.4. The Morgan fingerprint density at radius 3 is 2.90 bits per heavy atom. The average Bonchev–Trinajstić information content (AvgIpc) is 2.50. The van der Waals surface area contributed by atoms with Crippen LogP contribution in [0.2, 0.25) is 0 Å². The van der Waals surface area contributed by atoms with Crippen molar-refractivity contribution in [3.05, 3.63) is 35.9 Å². The molecule has 0 saturated heterocycles. The number of pyridine rings is 1. The predicted molar refractivity (Wildman–Crippen MR) is 82.1 cm³/mol. The van der Waals surface area contributed by atoms with Crippen molar-refractivity contribution in [3.63, 3.8) is 0 Å². The summed E-state index contributed by atoms with van der Waals surface area (Å²) in [6.45, 7) is 2.57. The van der Waals surface area contributed by atoms with E-state index in [-0.39, 0.29) is 0 Å². The van der Waals surface area contributed by atoms with Crippen LogP contribution in [0.15, 0.2) is 30.3 Å². The Morgan fingerprint density at radius 2 is 2.19 bits per heavy atom. The number of aliphatic hydroxyl groups is 1. The lowest BCUT2D eigenvalue weighted by Gasteiger charge is -2.23. The first kappa shape index (κ1) is 15.2. The Bertz CT molecular complexity index is 662. The van der Waals surface area contributed by atoms with Crippen LogP contribution in [-0.4, -0.2) is 36.0 Å². The molecule has 5 heteroatoms. The fourth-order valence-electron chi connectivity index (χ4n) is 2.05. The molecule has 21 heavy (non-hydrogen) atoms. The SMILES string of the molecule is COCCC(C)(O)CNc1cc(C#N)c2ccccc2n1. The second kappa shape index (κ2) is 6.53. The quantitative estimate of drug-likeness (QED) is 0.851. The molecule has 1 unspecified atom stereocenters. The van der Waals surface area contributed by atoms with E-state index in [0.29, 0.717) is 31.0 Å². The average molecular weight is 285 g/mol. The summed E-state index contributed by atoms with van der Waals surface area (Å²) in [4.78, 5) is 4.46. The Kier molecular flexibility index (Phi) is 4.73. The molecule has 2 aromatic rings. The molecule has 2 rings (SSSR count). The molecule has 2 N–H and O–H groups in total. The van der Waals surface area contributed by atoms with Gasteiger partial charge < -0.3 is 15.2 Å². The minimum Gasteiger partial charge on any atom is -0.388 e. The smallest absolute Gasteiger partial charge is 0.128 e. The second-order valence-electron chi connectivity index (χ2n) is 5.28. The van der Waals surface area contributed by atoms with Crippen LogP contribution in [0.3, 0.4) is 0 Å². The number of para-hydroxylation sites is 1. The van der Waals surface area contributed by atoms with Crippen LogP contribution in [0.4, 0.5) is 5.82 Å². The highest BCUT2D eigenvalue weighted by atomic mass is 16.5.